The van der Waals surface area contributed by atoms with Crippen LogP contribution in [-0.4, -0.2) is 21.2 Å². The minimum Gasteiger partial charge on any atom is -0.319 e. The second-order valence-corrected chi connectivity index (χ2v) is 5.33. The van der Waals surface area contributed by atoms with Crippen LogP contribution < -0.4 is 5.43 Å². The predicted molar refractivity (Wildman–Crippen MR) is 91.3 cm³/mol. The number of aromatic nitrogens is 2. The molecule has 0 fully saturated rings. The van der Waals surface area contributed by atoms with Gasteiger partial charge in [0.25, 0.3) is 5.91 Å². The molecule has 0 atom stereocenters. The van der Waals surface area contributed by atoms with Gasteiger partial charge in [-0.2, -0.15) is 5.10 Å². The van der Waals surface area contributed by atoms with E-state index < -0.39 is 0 Å². The summed E-state index contributed by atoms with van der Waals surface area (Å²) in [5.74, 6) is 0.636. The van der Waals surface area contributed by atoms with Gasteiger partial charge in [0.15, 0.2) is 0 Å². The Morgan fingerprint density at radius 1 is 1.13 bits per heavy atom. The molecule has 116 valence electrons. The summed E-state index contributed by atoms with van der Waals surface area (Å²) in [4.78, 5) is 16.6. The van der Waals surface area contributed by atoms with Gasteiger partial charge in [-0.3, -0.25) is 4.79 Å². The first kappa shape index (κ1) is 15.0. The quantitative estimate of drug-likeness (QED) is 0.595. The van der Waals surface area contributed by atoms with E-state index in [1.54, 1.807) is 0 Å². The Hall–Kier alpha value is -2.95. The van der Waals surface area contributed by atoms with Crippen LogP contribution in [0.3, 0.4) is 0 Å². The van der Waals surface area contributed by atoms with Crippen molar-refractivity contribution in [2.75, 3.05) is 0 Å². The molecular formula is C18H18N4O. The molecule has 0 saturated heterocycles. The molecule has 5 heteroatoms. The number of hydrogen-bond acceptors (Lipinski definition) is 3. The fraction of sp³-hybridized carbons (Fsp3) is 0.167. The number of carbonyl (C=O) groups excluding carboxylic acids is 1. The molecule has 0 radical (unpaired) electrons. The van der Waals surface area contributed by atoms with Crippen molar-refractivity contribution >= 4 is 22.7 Å². The van der Waals surface area contributed by atoms with Crippen LogP contribution in [0.5, 0.6) is 0 Å². The van der Waals surface area contributed by atoms with Gasteiger partial charge < -0.3 is 4.57 Å². The van der Waals surface area contributed by atoms with Gasteiger partial charge in [-0.25, -0.2) is 10.4 Å². The first-order valence-corrected chi connectivity index (χ1v) is 7.45. The summed E-state index contributed by atoms with van der Waals surface area (Å²) in [6.07, 6.45) is 0. The van der Waals surface area contributed by atoms with E-state index in [-0.39, 0.29) is 12.5 Å². The van der Waals surface area contributed by atoms with Gasteiger partial charge in [0.05, 0.1) is 16.7 Å². The normalized spacial score (nSPS) is 11.7. The molecule has 0 aliphatic rings. The summed E-state index contributed by atoms with van der Waals surface area (Å²) in [5, 5.41) is 4.17. The van der Waals surface area contributed by atoms with Crippen molar-refractivity contribution in [3.8, 4) is 0 Å². The SMILES string of the molecule is CC(=NNC(=O)Cn1c(C)nc2ccccc21)c1ccccc1. The first-order valence-electron chi connectivity index (χ1n) is 7.45. The number of aryl methyl sites for hydroxylation is 1. The first-order chi connectivity index (χ1) is 11.1. The summed E-state index contributed by atoms with van der Waals surface area (Å²) >= 11 is 0. The van der Waals surface area contributed by atoms with Gasteiger partial charge >= 0.3 is 0 Å². The third-order valence-corrected chi connectivity index (χ3v) is 3.69. The maximum absolute atomic E-state index is 12.2. The van der Waals surface area contributed by atoms with Crippen LogP contribution in [0.15, 0.2) is 59.7 Å². The topological polar surface area (TPSA) is 59.3 Å². The van der Waals surface area contributed by atoms with Gasteiger partial charge in [-0.15, -0.1) is 0 Å². The summed E-state index contributed by atoms with van der Waals surface area (Å²) < 4.78 is 1.89. The number of nitrogens with zero attached hydrogens (tertiary/aromatic N) is 3. The molecule has 1 N–H and O–H groups in total. The largest absolute Gasteiger partial charge is 0.319 e. The van der Waals surface area contributed by atoms with Crippen molar-refractivity contribution in [3.05, 3.63) is 66.0 Å². The number of hydrogen-bond donors (Lipinski definition) is 1. The molecule has 23 heavy (non-hydrogen) atoms. The highest BCUT2D eigenvalue weighted by Crippen LogP contribution is 2.15. The molecule has 3 rings (SSSR count). The lowest BCUT2D eigenvalue weighted by Crippen LogP contribution is -2.24. The fourth-order valence-electron chi connectivity index (χ4n) is 2.46. The summed E-state index contributed by atoms with van der Waals surface area (Å²) in [6, 6.07) is 17.5. The van der Waals surface area contributed by atoms with Gasteiger partial charge in [0, 0.05) is 0 Å². The van der Waals surface area contributed by atoms with Crippen molar-refractivity contribution in [2.45, 2.75) is 20.4 Å². The molecular weight excluding hydrogens is 288 g/mol. The third kappa shape index (κ3) is 3.29. The summed E-state index contributed by atoms with van der Waals surface area (Å²) in [5.41, 5.74) is 6.20. The van der Waals surface area contributed by atoms with Gasteiger partial charge in [0.1, 0.15) is 12.4 Å². The third-order valence-electron chi connectivity index (χ3n) is 3.69. The zero-order chi connectivity index (χ0) is 16.2. The minimum atomic E-state index is -0.175. The number of imidazole rings is 1. The number of para-hydroxylation sites is 2. The van der Waals surface area contributed by atoms with Crippen molar-refractivity contribution in [1.82, 2.24) is 15.0 Å². The van der Waals surface area contributed by atoms with E-state index in [9.17, 15) is 4.79 Å². The van der Waals surface area contributed by atoms with Gasteiger partial charge in [-0.05, 0) is 31.5 Å². The fourth-order valence-corrected chi connectivity index (χ4v) is 2.46. The van der Waals surface area contributed by atoms with Crippen LogP contribution >= 0.6 is 0 Å². The smallest absolute Gasteiger partial charge is 0.260 e. The minimum absolute atomic E-state index is 0.175. The number of benzene rings is 2. The van der Waals surface area contributed by atoms with Crippen LogP contribution in [0, 0.1) is 6.92 Å². The van der Waals surface area contributed by atoms with E-state index in [0.717, 1.165) is 28.1 Å². The van der Waals surface area contributed by atoms with E-state index in [4.69, 9.17) is 0 Å². The molecule has 0 bridgehead atoms. The lowest BCUT2D eigenvalue weighted by Gasteiger charge is -2.06. The van der Waals surface area contributed by atoms with E-state index in [0.29, 0.717) is 0 Å². The predicted octanol–water partition coefficient (Wildman–Crippen LogP) is 2.89. The maximum atomic E-state index is 12.2. The zero-order valence-electron chi connectivity index (χ0n) is 13.2. The van der Waals surface area contributed by atoms with Crippen LogP contribution in [0.1, 0.15) is 18.3 Å². The van der Waals surface area contributed by atoms with Crippen LogP contribution in [0.4, 0.5) is 0 Å². The van der Waals surface area contributed by atoms with Crippen molar-refractivity contribution < 1.29 is 4.79 Å². The Labute approximate surface area is 134 Å². The molecule has 1 heterocycles. The number of hydrazone groups is 1. The standard InChI is InChI=1S/C18H18N4O/c1-13(15-8-4-3-5-9-15)20-21-18(23)12-22-14(2)19-16-10-6-7-11-17(16)22/h3-11H,12H2,1-2H3,(H,21,23). The van der Waals surface area contributed by atoms with Crippen LogP contribution in [0.2, 0.25) is 0 Å². The van der Waals surface area contributed by atoms with Crippen molar-refractivity contribution in [1.29, 1.82) is 0 Å². The van der Waals surface area contributed by atoms with Crippen LogP contribution in [0.25, 0.3) is 11.0 Å². The van der Waals surface area contributed by atoms with E-state index in [1.165, 1.54) is 0 Å². The Bertz CT molecular complexity index is 865. The average molecular weight is 306 g/mol. The van der Waals surface area contributed by atoms with Crippen molar-refractivity contribution in [3.63, 3.8) is 0 Å². The summed E-state index contributed by atoms with van der Waals surface area (Å²) in [6.45, 7) is 3.96. The average Bonchev–Trinajstić information content (AvgIpc) is 2.89. The second-order valence-electron chi connectivity index (χ2n) is 5.33. The number of carbonyl (C=O) groups is 1. The number of fused-ring (bicyclic) bond motifs is 1. The van der Waals surface area contributed by atoms with E-state index in [2.05, 4.69) is 15.5 Å². The van der Waals surface area contributed by atoms with Crippen LogP contribution in [-0.2, 0) is 11.3 Å². The molecule has 0 aliphatic heterocycles. The molecule has 1 aromatic heterocycles. The molecule has 0 saturated carbocycles. The molecule has 3 aromatic rings. The van der Waals surface area contributed by atoms with Crippen molar-refractivity contribution in [2.24, 2.45) is 5.10 Å². The molecule has 1 amide bonds. The highest BCUT2D eigenvalue weighted by atomic mass is 16.2. The highest BCUT2D eigenvalue weighted by Gasteiger charge is 2.10. The lowest BCUT2D eigenvalue weighted by molar-refractivity contribution is -0.121. The molecule has 5 nitrogen and oxygen atoms in total. The monoisotopic (exact) mass is 306 g/mol. The molecule has 0 unspecified atom stereocenters. The Morgan fingerprint density at radius 3 is 2.61 bits per heavy atom. The Balaban J connectivity index is 1.73. The second kappa shape index (κ2) is 6.44. The Morgan fingerprint density at radius 2 is 1.83 bits per heavy atom. The molecule has 2 aromatic carbocycles. The maximum Gasteiger partial charge on any atom is 0.260 e. The van der Waals surface area contributed by atoms with E-state index >= 15 is 0 Å². The summed E-state index contributed by atoms with van der Waals surface area (Å²) in [7, 11) is 0. The van der Waals surface area contributed by atoms with Gasteiger partial charge in [0.2, 0.25) is 0 Å². The van der Waals surface area contributed by atoms with Gasteiger partial charge in [-0.1, -0.05) is 42.5 Å². The number of nitrogens with one attached hydrogen (secondary N) is 1. The molecule has 0 spiro atoms. The zero-order valence-corrected chi connectivity index (χ0v) is 13.2. The lowest BCUT2D eigenvalue weighted by atomic mass is 10.1. The Kier molecular flexibility index (Phi) is 4.19. The highest BCUT2D eigenvalue weighted by molar-refractivity contribution is 5.99. The van der Waals surface area contributed by atoms with E-state index in [1.807, 2.05) is 73.0 Å². The number of rotatable bonds is 4. The molecule has 0 aliphatic carbocycles. The number of amides is 1.